The van der Waals surface area contributed by atoms with E-state index >= 15 is 0 Å². The van der Waals surface area contributed by atoms with E-state index in [1.807, 2.05) is 20.8 Å². The molecule has 1 N–H and O–H groups in total. The lowest BCUT2D eigenvalue weighted by molar-refractivity contribution is -0.131. The Balaban J connectivity index is 0. The van der Waals surface area contributed by atoms with Gasteiger partial charge in [-0.25, -0.2) is 8.42 Å². The number of hydrogen-bond donors (Lipinski definition) is 1. The number of likely N-dealkylation sites (N-methyl/N-ethyl adjacent to an activating group) is 2. The topological polar surface area (TPSA) is 82.1 Å². The van der Waals surface area contributed by atoms with Gasteiger partial charge in [-0.1, -0.05) is 0 Å². The highest BCUT2D eigenvalue weighted by molar-refractivity contribution is 14.0. The second kappa shape index (κ2) is 11.9. The molecule has 132 valence electrons. The van der Waals surface area contributed by atoms with Gasteiger partial charge in [-0.2, -0.15) is 0 Å². The van der Waals surface area contributed by atoms with Crippen molar-refractivity contribution in [3.63, 3.8) is 0 Å². The molecule has 0 aromatic carbocycles. The molecule has 0 spiro atoms. The van der Waals surface area contributed by atoms with Gasteiger partial charge in [0, 0.05) is 32.9 Å². The van der Waals surface area contributed by atoms with Crippen LogP contribution in [0.4, 0.5) is 0 Å². The molecule has 0 atom stereocenters. The molecule has 0 unspecified atom stereocenters. The van der Waals surface area contributed by atoms with E-state index in [2.05, 4.69) is 10.3 Å². The molecule has 9 heteroatoms. The van der Waals surface area contributed by atoms with Gasteiger partial charge >= 0.3 is 0 Å². The Morgan fingerprint density at radius 2 is 1.73 bits per heavy atom. The third-order valence-electron chi connectivity index (χ3n) is 2.91. The first-order valence-electron chi connectivity index (χ1n) is 7.20. The van der Waals surface area contributed by atoms with E-state index in [1.54, 1.807) is 16.8 Å². The second-order valence-electron chi connectivity index (χ2n) is 4.79. The van der Waals surface area contributed by atoms with Crippen molar-refractivity contribution >= 4 is 45.7 Å². The third kappa shape index (κ3) is 10.2. The van der Waals surface area contributed by atoms with E-state index in [9.17, 15) is 13.2 Å². The van der Waals surface area contributed by atoms with Crippen molar-refractivity contribution in [2.45, 2.75) is 20.8 Å². The molecule has 0 bridgehead atoms. The average molecular weight is 448 g/mol. The fourth-order valence-corrected chi connectivity index (χ4v) is 2.16. The van der Waals surface area contributed by atoms with Crippen LogP contribution < -0.4 is 5.32 Å². The standard InChI is InChI=1S/C13H28N4O3S.HI/c1-6-14-13(15-9-10-21(5,19)20)16(4)11-12(18)17(7-2)8-3;/h6-11H2,1-5H3,(H,14,15);1H. The minimum absolute atomic E-state index is 0. The van der Waals surface area contributed by atoms with Gasteiger partial charge in [-0.05, 0) is 20.8 Å². The first-order chi connectivity index (χ1) is 9.75. The van der Waals surface area contributed by atoms with Crippen LogP contribution >= 0.6 is 24.0 Å². The van der Waals surface area contributed by atoms with E-state index in [0.29, 0.717) is 25.6 Å². The molecule has 22 heavy (non-hydrogen) atoms. The summed E-state index contributed by atoms with van der Waals surface area (Å²) in [5.41, 5.74) is 0. The Morgan fingerprint density at radius 3 is 2.14 bits per heavy atom. The molecule has 0 aromatic rings. The summed E-state index contributed by atoms with van der Waals surface area (Å²) >= 11 is 0. The number of rotatable bonds is 8. The Labute approximate surface area is 151 Å². The molecule has 0 aliphatic rings. The summed E-state index contributed by atoms with van der Waals surface area (Å²) in [7, 11) is -1.27. The fraction of sp³-hybridized carbons (Fsp3) is 0.846. The minimum atomic E-state index is -3.03. The zero-order chi connectivity index (χ0) is 16.5. The van der Waals surface area contributed by atoms with Gasteiger partial charge in [0.25, 0.3) is 0 Å². The van der Waals surface area contributed by atoms with Crippen LogP contribution in [-0.2, 0) is 14.6 Å². The molecule has 0 rings (SSSR count). The van der Waals surface area contributed by atoms with Crippen LogP contribution in [0.2, 0.25) is 0 Å². The quantitative estimate of drug-likeness (QED) is 0.331. The highest BCUT2D eigenvalue weighted by Gasteiger charge is 2.15. The molecule has 0 radical (unpaired) electrons. The van der Waals surface area contributed by atoms with E-state index < -0.39 is 9.84 Å². The molecule has 0 aliphatic heterocycles. The summed E-state index contributed by atoms with van der Waals surface area (Å²) in [6.07, 6.45) is 1.18. The first-order valence-corrected chi connectivity index (χ1v) is 9.26. The Kier molecular flexibility index (Phi) is 12.8. The first kappa shape index (κ1) is 23.7. The normalized spacial score (nSPS) is 11.6. The van der Waals surface area contributed by atoms with Gasteiger partial charge in [-0.3, -0.25) is 9.79 Å². The van der Waals surface area contributed by atoms with Crippen LogP contribution in [0.1, 0.15) is 20.8 Å². The van der Waals surface area contributed by atoms with Gasteiger partial charge in [0.1, 0.15) is 9.84 Å². The number of carbonyl (C=O) groups is 1. The molecule has 0 saturated heterocycles. The molecule has 0 saturated carbocycles. The maximum atomic E-state index is 12.1. The predicted octanol–water partition coefficient (Wildman–Crippen LogP) is 0.415. The van der Waals surface area contributed by atoms with Crippen molar-refractivity contribution in [1.29, 1.82) is 0 Å². The van der Waals surface area contributed by atoms with E-state index in [-0.39, 0.29) is 48.7 Å². The predicted molar refractivity (Wildman–Crippen MR) is 102 cm³/mol. The third-order valence-corrected chi connectivity index (χ3v) is 3.83. The van der Waals surface area contributed by atoms with Crippen molar-refractivity contribution in [2.75, 3.05) is 51.8 Å². The van der Waals surface area contributed by atoms with Crippen molar-refractivity contribution in [3.05, 3.63) is 0 Å². The molecular formula is C13H29IN4O3S. The zero-order valence-corrected chi connectivity index (χ0v) is 17.3. The van der Waals surface area contributed by atoms with Crippen molar-refractivity contribution < 1.29 is 13.2 Å². The van der Waals surface area contributed by atoms with Crippen molar-refractivity contribution in [3.8, 4) is 0 Å². The number of halogens is 1. The molecule has 0 fully saturated rings. The molecule has 0 aliphatic carbocycles. The number of nitrogens with zero attached hydrogens (tertiary/aromatic N) is 3. The van der Waals surface area contributed by atoms with E-state index in [0.717, 1.165) is 0 Å². The van der Waals surface area contributed by atoms with Crippen LogP contribution in [0.3, 0.4) is 0 Å². The monoisotopic (exact) mass is 448 g/mol. The summed E-state index contributed by atoms with van der Waals surface area (Å²) in [6.45, 7) is 8.19. The van der Waals surface area contributed by atoms with Crippen LogP contribution in [0.25, 0.3) is 0 Å². The van der Waals surface area contributed by atoms with Crippen LogP contribution in [-0.4, -0.2) is 81.9 Å². The lowest BCUT2D eigenvalue weighted by atomic mass is 10.4. The summed E-state index contributed by atoms with van der Waals surface area (Å²) in [5.74, 6) is 0.567. The Hall–Kier alpha value is -0.580. The second-order valence-corrected chi connectivity index (χ2v) is 7.05. The van der Waals surface area contributed by atoms with Crippen LogP contribution in [0.15, 0.2) is 4.99 Å². The SMILES string of the molecule is CCNC(=NCCS(C)(=O)=O)N(C)CC(=O)N(CC)CC.I. The number of carbonyl (C=O) groups excluding carboxylic acids is 1. The largest absolute Gasteiger partial charge is 0.357 e. The number of amides is 1. The van der Waals surface area contributed by atoms with E-state index in [1.165, 1.54) is 6.26 Å². The number of nitrogens with one attached hydrogen (secondary N) is 1. The fourth-order valence-electron chi connectivity index (χ4n) is 1.74. The van der Waals surface area contributed by atoms with Gasteiger partial charge in [0.2, 0.25) is 5.91 Å². The van der Waals surface area contributed by atoms with Gasteiger partial charge in [0.15, 0.2) is 5.96 Å². The highest BCUT2D eigenvalue weighted by atomic mass is 127. The molecule has 0 heterocycles. The lowest BCUT2D eigenvalue weighted by Gasteiger charge is -2.25. The summed E-state index contributed by atoms with van der Waals surface area (Å²) < 4.78 is 22.2. The average Bonchev–Trinajstić information content (AvgIpc) is 2.37. The molecule has 7 nitrogen and oxygen atoms in total. The maximum Gasteiger partial charge on any atom is 0.242 e. The minimum Gasteiger partial charge on any atom is -0.357 e. The Morgan fingerprint density at radius 1 is 1.18 bits per heavy atom. The number of hydrogen-bond acceptors (Lipinski definition) is 4. The number of sulfone groups is 1. The van der Waals surface area contributed by atoms with Crippen molar-refractivity contribution in [2.24, 2.45) is 4.99 Å². The number of guanidine groups is 1. The van der Waals surface area contributed by atoms with Crippen LogP contribution in [0.5, 0.6) is 0 Å². The number of aliphatic imine (C=N–C) groups is 1. The smallest absolute Gasteiger partial charge is 0.242 e. The molecule has 0 aromatic heterocycles. The zero-order valence-electron chi connectivity index (χ0n) is 14.1. The van der Waals surface area contributed by atoms with E-state index in [4.69, 9.17) is 0 Å². The Bertz CT molecular complexity index is 450. The summed E-state index contributed by atoms with van der Waals surface area (Å²) in [4.78, 5) is 19.8. The molecule has 1 amide bonds. The van der Waals surface area contributed by atoms with Gasteiger partial charge < -0.3 is 15.1 Å². The highest BCUT2D eigenvalue weighted by Crippen LogP contribution is 1.94. The van der Waals surface area contributed by atoms with Gasteiger partial charge in [0.05, 0.1) is 18.8 Å². The van der Waals surface area contributed by atoms with Gasteiger partial charge in [-0.15, -0.1) is 24.0 Å². The summed E-state index contributed by atoms with van der Waals surface area (Å²) in [6, 6.07) is 0. The summed E-state index contributed by atoms with van der Waals surface area (Å²) in [5, 5.41) is 3.06. The van der Waals surface area contributed by atoms with Crippen LogP contribution in [0, 0.1) is 0 Å². The molecular weight excluding hydrogens is 419 g/mol. The lowest BCUT2D eigenvalue weighted by Crippen LogP contribution is -2.45. The van der Waals surface area contributed by atoms with Crippen molar-refractivity contribution in [1.82, 2.24) is 15.1 Å². The maximum absolute atomic E-state index is 12.1.